The molecule has 1 aromatic carbocycles. The molecule has 0 spiro atoms. The number of benzene rings is 1. The van der Waals surface area contributed by atoms with Crippen molar-refractivity contribution in [2.45, 2.75) is 13.0 Å². The smallest absolute Gasteiger partial charge is 0.0751 e. The predicted molar refractivity (Wildman–Crippen MR) is 89.2 cm³/mol. The standard InChI is InChI=1S/C17H16BrN3/c1-2-19-17(16-8-6-14(18)11-21-16)13-5-7-15-12(10-13)4-3-9-20-15/h3-11,17,19H,2H2,1H3. The summed E-state index contributed by atoms with van der Waals surface area (Å²) in [5.74, 6) is 0. The van der Waals surface area contributed by atoms with Crippen molar-refractivity contribution >= 4 is 26.8 Å². The maximum Gasteiger partial charge on any atom is 0.0751 e. The Morgan fingerprint density at radius 3 is 2.81 bits per heavy atom. The number of nitrogens with one attached hydrogen (secondary N) is 1. The van der Waals surface area contributed by atoms with Gasteiger partial charge in [-0.15, -0.1) is 0 Å². The van der Waals surface area contributed by atoms with Gasteiger partial charge in [0.1, 0.15) is 0 Å². The van der Waals surface area contributed by atoms with Gasteiger partial charge in [0.25, 0.3) is 0 Å². The van der Waals surface area contributed by atoms with Gasteiger partial charge in [0.15, 0.2) is 0 Å². The highest BCUT2D eigenvalue weighted by Crippen LogP contribution is 2.24. The zero-order chi connectivity index (χ0) is 14.7. The molecule has 3 rings (SSSR count). The molecule has 3 nitrogen and oxygen atoms in total. The third-order valence-electron chi connectivity index (χ3n) is 3.41. The number of aromatic nitrogens is 2. The van der Waals surface area contributed by atoms with Crippen molar-refractivity contribution in [3.05, 3.63) is 70.6 Å². The third kappa shape index (κ3) is 3.12. The highest BCUT2D eigenvalue weighted by Gasteiger charge is 2.14. The second-order valence-corrected chi connectivity index (χ2v) is 5.76. The van der Waals surface area contributed by atoms with E-state index in [1.54, 1.807) is 0 Å². The van der Waals surface area contributed by atoms with Crippen LogP contribution in [0, 0.1) is 0 Å². The van der Waals surface area contributed by atoms with Gasteiger partial charge in [-0.25, -0.2) is 0 Å². The van der Waals surface area contributed by atoms with E-state index in [4.69, 9.17) is 0 Å². The highest BCUT2D eigenvalue weighted by molar-refractivity contribution is 9.10. The molecule has 0 amide bonds. The Morgan fingerprint density at radius 2 is 2.05 bits per heavy atom. The summed E-state index contributed by atoms with van der Waals surface area (Å²) in [5, 5.41) is 4.65. The van der Waals surface area contributed by atoms with Crippen molar-refractivity contribution in [3.63, 3.8) is 0 Å². The molecule has 1 N–H and O–H groups in total. The largest absolute Gasteiger partial charge is 0.305 e. The minimum atomic E-state index is 0.0905. The monoisotopic (exact) mass is 341 g/mol. The van der Waals surface area contributed by atoms with Crippen LogP contribution in [0.25, 0.3) is 10.9 Å². The molecule has 0 aliphatic heterocycles. The summed E-state index contributed by atoms with van der Waals surface area (Å²) in [5.41, 5.74) is 3.23. The first-order valence-corrected chi connectivity index (χ1v) is 7.77. The fourth-order valence-electron chi connectivity index (χ4n) is 2.43. The molecule has 0 aliphatic rings. The topological polar surface area (TPSA) is 37.8 Å². The van der Waals surface area contributed by atoms with Crippen molar-refractivity contribution in [2.75, 3.05) is 6.54 Å². The minimum absolute atomic E-state index is 0.0905. The molecule has 1 atom stereocenters. The van der Waals surface area contributed by atoms with Gasteiger partial charge in [-0.3, -0.25) is 9.97 Å². The number of fused-ring (bicyclic) bond motifs is 1. The lowest BCUT2D eigenvalue weighted by Crippen LogP contribution is -2.22. The molecule has 21 heavy (non-hydrogen) atoms. The zero-order valence-corrected chi connectivity index (χ0v) is 13.3. The summed E-state index contributed by atoms with van der Waals surface area (Å²) in [6, 6.07) is 14.6. The first kappa shape index (κ1) is 14.2. The molecule has 0 saturated carbocycles. The quantitative estimate of drug-likeness (QED) is 0.776. The van der Waals surface area contributed by atoms with Gasteiger partial charge in [0.05, 0.1) is 17.3 Å². The first-order chi connectivity index (χ1) is 10.3. The summed E-state index contributed by atoms with van der Waals surface area (Å²) in [6.45, 7) is 2.99. The number of nitrogens with zero attached hydrogens (tertiary/aromatic N) is 2. The Balaban J connectivity index is 2.04. The number of hydrogen-bond acceptors (Lipinski definition) is 3. The Kier molecular flexibility index (Phi) is 4.27. The van der Waals surface area contributed by atoms with Gasteiger partial charge < -0.3 is 5.32 Å². The Bertz CT molecular complexity index is 740. The predicted octanol–water partition coefficient (Wildman–Crippen LogP) is 4.09. The zero-order valence-electron chi connectivity index (χ0n) is 11.8. The highest BCUT2D eigenvalue weighted by atomic mass is 79.9. The first-order valence-electron chi connectivity index (χ1n) is 6.97. The molecule has 3 aromatic rings. The van der Waals surface area contributed by atoms with Crippen LogP contribution in [0.2, 0.25) is 0 Å². The summed E-state index contributed by atoms with van der Waals surface area (Å²) >= 11 is 3.43. The van der Waals surface area contributed by atoms with Crippen LogP contribution < -0.4 is 5.32 Å². The summed E-state index contributed by atoms with van der Waals surface area (Å²) < 4.78 is 0.990. The molecular formula is C17H16BrN3. The van der Waals surface area contributed by atoms with E-state index >= 15 is 0 Å². The van der Waals surface area contributed by atoms with Crippen molar-refractivity contribution < 1.29 is 0 Å². The Labute approximate surface area is 132 Å². The number of hydrogen-bond donors (Lipinski definition) is 1. The van der Waals surface area contributed by atoms with Crippen LogP contribution in [0.1, 0.15) is 24.2 Å². The van der Waals surface area contributed by atoms with E-state index in [0.29, 0.717) is 0 Å². The van der Waals surface area contributed by atoms with Gasteiger partial charge in [0, 0.05) is 22.3 Å². The van der Waals surface area contributed by atoms with E-state index in [1.807, 2.05) is 30.6 Å². The van der Waals surface area contributed by atoms with Gasteiger partial charge in [-0.2, -0.15) is 0 Å². The lowest BCUT2D eigenvalue weighted by atomic mass is 10.0. The fourth-order valence-corrected chi connectivity index (χ4v) is 2.66. The van der Waals surface area contributed by atoms with E-state index in [0.717, 1.165) is 27.6 Å². The van der Waals surface area contributed by atoms with E-state index < -0.39 is 0 Å². The Morgan fingerprint density at radius 1 is 1.14 bits per heavy atom. The molecule has 0 radical (unpaired) electrons. The number of rotatable bonds is 4. The average molecular weight is 342 g/mol. The molecule has 2 heterocycles. The maximum absolute atomic E-state index is 4.53. The average Bonchev–Trinajstić information content (AvgIpc) is 2.53. The van der Waals surface area contributed by atoms with Crippen LogP contribution in [0.15, 0.2) is 59.3 Å². The van der Waals surface area contributed by atoms with Crippen LogP contribution in [-0.4, -0.2) is 16.5 Å². The second-order valence-electron chi connectivity index (χ2n) is 4.85. The molecule has 1 unspecified atom stereocenters. The molecule has 0 saturated heterocycles. The molecule has 2 aromatic heterocycles. The summed E-state index contributed by atoms with van der Waals surface area (Å²) in [4.78, 5) is 8.90. The number of pyridine rings is 2. The van der Waals surface area contributed by atoms with Crippen LogP contribution in [0.4, 0.5) is 0 Å². The van der Waals surface area contributed by atoms with Crippen molar-refractivity contribution in [3.8, 4) is 0 Å². The van der Waals surface area contributed by atoms with Crippen LogP contribution >= 0.6 is 15.9 Å². The van der Waals surface area contributed by atoms with Gasteiger partial charge in [0.2, 0.25) is 0 Å². The molecular weight excluding hydrogens is 326 g/mol. The molecule has 0 bridgehead atoms. The van der Waals surface area contributed by atoms with Crippen molar-refractivity contribution in [1.29, 1.82) is 0 Å². The van der Waals surface area contributed by atoms with E-state index in [2.05, 4.69) is 62.4 Å². The molecule has 106 valence electrons. The molecule has 0 aliphatic carbocycles. The summed E-state index contributed by atoms with van der Waals surface area (Å²) in [6.07, 6.45) is 3.66. The van der Waals surface area contributed by atoms with Crippen molar-refractivity contribution in [2.24, 2.45) is 0 Å². The van der Waals surface area contributed by atoms with Crippen LogP contribution in [0.5, 0.6) is 0 Å². The normalized spacial score (nSPS) is 12.5. The molecule has 0 fully saturated rings. The SMILES string of the molecule is CCNC(c1ccc2ncccc2c1)c1ccc(Br)cn1. The van der Waals surface area contributed by atoms with Crippen LogP contribution in [-0.2, 0) is 0 Å². The van der Waals surface area contributed by atoms with E-state index in [9.17, 15) is 0 Å². The van der Waals surface area contributed by atoms with Gasteiger partial charge in [-0.1, -0.05) is 19.1 Å². The van der Waals surface area contributed by atoms with Gasteiger partial charge in [-0.05, 0) is 58.4 Å². The summed E-state index contributed by atoms with van der Waals surface area (Å²) in [7, 11) is 0. The number of halogens is 1. The lowest BCUT2D eigenvalue weighted by molar-refractivity contribution is 0.616. The Hall–Kier alpha value is -1.78. The van der Waals surface area contributed by atoms with Crippen molar-refractivity contribution in [1.82, 2.24) is 15.3 Å². The lowest BCUT2D eigenvalue weighted by Gasteiger charge is -2.18. The fraction of sp³-hybridized carbons (Fsp3) is 0.176. The van der Waals surface area contributed by atoms with Crippen LogP contribution in [0.3, 0.4) is 0 Å². The second kappa shape index (κ2) is 6.33. The maximum atomic E-state index is 4.53. The van der Waals surface area contributed by atoms with E-state index in [-0.39, 0.29) is 6.04 Å². The molecule has 4 heteroatoms. The van der Waals surface area contributed by atoms with E-state index in [1.165, 1.54) is 5.56 Å². The van der Waals surface area contributed by atoms with Gasteiger partial charge >= 0.3 is 0 Å². The third-order valence-corrected chi connectivity index (χ3v) is 3.88. The minimum Gasteiger partial charge on any atom is -0.305 e.